The first-order valence-corrected chi connectivity index (χ1v) is 8.15. The standard InChI is InChI=1S/C14H13N.C6H4N6/c15-14-9-5-4-8-13(14)11-10-12-6-2-1-3-7-12;1-7-2-10-5(9-1)6-11-3-8-4-12-6/h1-11H,15H2;1-4H. The Hall–Kier alpha value is -4.00. The fourth-order valence-corrected chi connectivity index (χ4v) is 2.12. The van der Waals surface area contributed by atoms with E-state index < -0.39 is 0 Å². The molecule has 0 spiro atoms. The first kappa shape index (κ1) is 17.8. The van der Waals surface area contributed by atoms with Crippen LogP contribution in [0.4, 0.5) is 5.69 Å². The molecule has 4 aromatic rings. The molecular formula is C20H17N7. The molecule has 0 radical (unpaired) electrons. The fourth-order valence-electron chi connectivity index (χ4n) is 2.12. The molecule has 27 heavy (non-hydrogen) atoms. The summed E-state index contributed by atoms with van der Waals surface area (Å²) in [6.07, 6.45) is 9.67. The van der Waals surface area contributed by atoms with E-state index >= 15 is 0 Å². The van der Waals surface area contributed by atoms with Gasteiger partial charge in [-0.3, -0.25) is 0 Å². The van der Waals surface area contributed by atoms with Crippen molar-refractivity contribution in [1.29, 1.82) is 0 Å². The Balaban J connectivity index is 0.000000159. The maximum absolute atomic E-state index is 5.83. The molecule has 4 rings (SSSR count). The smallest absolute Gasteiger partial charge is 0.200 e. The Bertz CT molecular complexity index is 937. The van der Waals surface area contributed by atoms with E-state index in [0.717, 1.165) is 11.3 Å². The summed E-state index contributed by atoms with van der Waals surface area (Å²) < 4.78 is 0. The quantitative estimate of drug-likeness (QED) is 0.444. The highest BCUT2D eigenvalue weighted by atomic mass is 15.1. The van der Waals surface area contributed by atoms with Gasteiger partial charge in [-0.1, -0.05) is 60.7 Å². The first-order chi connectivity index (χ1) is 13.3. The van der Waals surface area contributed by atoms with Crippen molar-refractivity contribution in [2.75, 3.05) is 5.73 Å². The SMILES string of the molecule is Nc1ccccc1C=Cc1ccccc1.c1ncnc(-c2ncncn2)n1. The molecule has 7 nitrogen and oxygen atoms in total. The lowest BCUT2D eigenvalue weighted by Crippen LogP contribution is -1.94. The molecule has 0 fully saturated rings. The van der Waals surface area contributed by atoms with Crippen molar-refractivity contribution in [3.63, 3.8) is 0 Å². The number of anilines is 1. The lowest BCUT2D eigenvalue weighted by Gasteiger charge is -1.98. The molecule has 2 aromatic heterocycles. The maximum atomic E-state index is 5.83. The van der Waals surface area contributed by atoms with Gasteiger partial charge in [0.25, 0.3) is 0 Å². The summed E-state index contributed by atoms with van der Waals surface area (Å²) in [5, 5.41) is 0. The van der Waals surface area contributed by atoms with Crippen molar-refractivity contribution in [3.05, 3.63) is 91.0 Å². The zero-order valence-electron chi connectivity index (χ0n) is 14.4. The van der Waals surface area contributed by atoms with Crippen LogP contribution in [-0.2, 0) is 0 Å². The average Bonchev–Trinajstić information content (AvgIpc) is 2.76. The van der Waals surface area contributed by atoms with Crippen LogP contribution < -0.4 is 5.73 Å². The molecule has 0 aliphatic carbocycles. The van der Waals surface area contributed by atoms with Gasteiger partial charge in [0.15, 0.2) is 0 Å². The van der Waals surface area contributed by atoms with Gasteiger partial charge in [-0.25, -0.2) is 29.9 Å². The number of nitrogens with two attached hydrogens (primary N) is 1. The Morgan fingerprint density at radius 2 is 1.11 bits per heavy atom. The number of hydrogen-bond donors (Lipinski definition) is 1. The van der Waals surface area contributed by atoms with Crippen molar-refractivity contribution in [1.82, 2.24) is 29.9 Å². The number of hydrogen-bond acceptors (Lipinski definition) is 7. The first-order valence-electron chi connectivity index (χ1n) is 8.15. The molecule has 0 saturated carbocycles. The molecular weight excluding hydrogens is 338 g/mol. The van der Waals surface area contributed by atoms with Crippen molar-refractivity contribution in [3.8, 4) is 11.6 Å². The summed E-state index contributed by atoms with van der Waals surface area (Å²) in [4.78, 5) is 22.9. The molecule has 132 valence electrons. The van der Waals surface area contributed by atoms with Crippen LogP contribution in [0.1, 0.15) is 11.1 Å². The van der Waals surface area contributed by atoms with Crippen LogP contribution in [-0.4, -0.2) is 29.9 Å². The normalized spacial score (nSPS) is 10.2. The third-order valence-corrected chi connectivity index (χ3v) is 3.44. The van der Waals surface area contributed by atoms with Gasteiger partial charge < -0.3 is 5.73 Å². The van der Waals surface area contributed by atoms with Crippen LogP contribution in [0.5, 0.6) is 0 Å². The minimum Gasteiger partial charge on any atom is -0.398 e. The number of benzene rings is 2. The van der Waals surface area contributed by atoms with Gasteiger partial charge in [-0.2, -0.15) is 0 Å². The zero-order valence-corrected chi connectivity index (χ0v) is 14.4. The lowest BCUT2D eigenvalue weighted by molar-refractivity contribution is 0.985. The Kier molecular flexibility index (Phi) is 6.25. The topological polar surface area (TPSA) is 103 Å². The second-order valence-corrected chi connectivity index (χ2v) is 5.30. The summed E-state index contributed by atoms with van der Waals surface area (Å²) in [7, 11) is 0. The maximum Gasteiger partial charge on any atom is 0.200 e. The monoisotopic (exact) mass is 355 g/mol. The number of rotatable bonds is 3. The van der Waals surface area contributed by atoms with Crippen LogP contribution in [0.2, 0.25) is 0 Å². The summed E-state index contributed by atoms with van der Waals surface area (Å²) in [6, 6.07) is 18.0. The zero-order chi connectivity index (χ0) is 18.7. The van der Waals surface area contributed by atoms with Gasteiger partial charge in [-0.15, -0.1) is 0 Å². The number of nitrogens with zero attached hydrogens (tertiary/aromatic N) is 6. The number of aromatic nitrogens is 6. The molecule has 2 aromatic carbocycles. The van der Waals surface area contributed by atoms with Gasteiger partial charge in [0, 0.05) is 5.69 Å². The largest absolute Gasteiger partial charge is 0.398 e. The van der Waals surface area contributed by atoms with Gasteiger partial charge in [0.05, 0.1) is 0 Å². The molecule has 0 unspecified atom stereocenters. The predicted molar refractivity (Wildman–Crippen MR) is 105 cm³/mol. The van der Waals surface area contributed by atoms with Crippen LogP contribution in [0.3, 0.4) is 0 Å². The van der Waals surface area contributed by atoms with Gasteiger partial charge in [0.2, 0.25) is 11.6 Å². The molecule has 2 heterocycles. The van der Waals surface area contributed by atoms with E-state index in [9.17, 15) is 0 Å². The van der Waals surface area contributed by atoms with E-state index in [4.69, 9.17) is 5.73 Å². The van der Waals surface area contributed by atoms with Gasteiger partial charge in [0.1, 0.15) is 25.3 Å². The molecule has 0 atom stereocenters. The van der Waals surface area contributed by atoms with E-state index in [1.165, 1.54) is 30.9 Å². The molecule has 7 heteroatoms. The minimum absolute atomic E-state index is 0.451. The van der Waals surface area contributed by atoms with Crippen molar-refractivity contribution >= 4 is 17.8 Å². The molecule has 2 N–H and O–H groups in total. The van der Waals surface area contributed by atoms with E-state index in [1.54, 1.807) is 0 Å². The Morgan fingerprint density at radius 3 is 1.67 bits per heavy atom. The summed E-state index contributed by atoms with van der Waals surface area (Å²) in [6.45, 7) is 0. The second-order valence-electron chi connectivity index (χ2n) is 5.30. The Labute approximate surface area is 156 Å². The highest BCUT2D eigenvalue weighted by Gasteiger charge is 2.00. The van der Waals surface area contributed by atoms with E-state index in [0.29, 0.717) is 11.6 Å². The molecule has 0 amide bonds. The van der Waals surface area contributed by atoms with Gasteiger partial charge >= 0.3 is 0 Å². The highest BCUT2D eigenvalue weighted by molar-refractivity contribution is 5.75. The van der Waals surface area contributed by atoms with E-state index in [2.05, 4.69) is 48.1 Å². The van der Waals surface area contributed by atoms with Crippen LogP contribution in [0.15, 0.2) is 79.9 Å². The van der Waals surface area contributed by atoms with Crippen LogP contribution in [0.25, 0.3) is 23.8 Å². The molecule has 0 bridgehead atoms. The fraction of sp³-hybridized carbons (Fsp3) is 0. The Morgan fingerprint density at radius 1 is 0.593 bits per heavy atom. The highest BCUT2D eigenvalue weighted by Crippen LogP contribution is 2.14. The summed E-state index contributed by atoms with van der Waals surface area (Å²) in [5.74, 6) is 0.903. The summed E-state index contributed by atoms with van der Waals surface area (Å²) >= 11 is 0. The lowest BCUT2D eigenvalue weighted by atomic mass is 10.1. The molecule has 0 aliphatic rings. The molecule has 0 aliphatic heterocycles. The summed E-state index contributed by atoms with van der Waals surface area (Å²) in [5.41, 5.74) is 8.88. The minimum atomic E-state index is 0.451. The van der Waals surface area contributed by atoms with Gasteiger partial charge in [-0.05, 0) is 17.2 Å². The average molecular weight is 355 g/mol. The molecule has 0 saturated heterocycles. The number of nitrogen functional groups attached to an aromatic ring is 1. The number of para-hydroxylation sites is 1. The van der Waals surface area contributed by atoms with Crippen molar-refractivity contribution in [2.24, 2.45) is 0 Å². The second kappa shape index (κ2) is 9.47. The third kappa shape index (κ3) is 5.50. The predicted octanol–water partition coefficient (Wildman–Crippen LogP) is 3.16. The van der Waals surface area contributed by atoms with E-state index in [1.807, 2.05) is 48.5 Å². The van der Waals surface area contributed by atoms with E-state index in [-0.39, 0.29) is 0 Å². The van der Waals surface area contributed by atoms with Crippen LogP contribution in [0, 0.1) is 0 Å². The van der Waals surface area contributed by atoms with Crippen molar-refractivity contribution < 1.29 is 0 Å². The van der Waals surface area contributed by atoms with Crippen molar-refractivity contribution in [2.45, 2.75) is 0 Å². The third-order valence-electron chi connectivity index (χ3n) is 3.44. The van der Waals surface area contributed by atoms with Crippen LogP contribution >= 0.6 is 0 Å².